The van der Waals surface area contributed by atoms with Crippen LogP contribution in [-0.4, -0.2) is 18.9 Å². The van der Waals surface area contributed by atoms with E-state index in [4.69, 9.17) is 14.5 Å². The third kappa shape index (κ3) is 4.02. The molecule has 232 valence electrons. The topological polar surface area (TPSA) is 53.6 Å². The maximum absolute atomic E-state index is 6.74. The molecule has 1 aliphatic rings. The second kappa shape index (κ2) is 10.5. The molecule has 0 atom stereocenters. The fraction of sp³-hybridized carbons (Fsp3) is 0.0732. The molecule has 0 aliphatic carbocycles. The van der Waals surface area contributed by atoms with E-state index >= 15 is 0 Å². The van der Waals surface area contributed by atoms with E-state index in [2.05, 4.69) is 94.5 Å². The smallest absolute Gasteiger partial charge is 0.503 e. The van der Waals surface area contributed by atoms with E-state index in [9.17, 15) is 0 Å². The third-order valence-corrected chi connectivity index (χ3v) is 9.54. The molecule has 0 N–H and O–H groups in total. The molecule has 48 heavy (non-hydrogen) atoms. The molecule has 0 saturated carbocycles. The van der Waals surface area contributed by atoms with Crippen LogP contribution in [0.25, 0.3) is 54.9 Å². The minimum Gasteiger partial charge on any atom is -0.503 e. The van der Waals surface area contributed by atoms with Crippen molar-refractivity contribution in [3.8, 4) is 28.7 Å². The number of benzene rings is 5. The Morgan fingerprint density at radius 1 is 0.667 bits per heavy atom. The van der Waals surface area contributed by atoms with Crippen LogP contribution >= 0.6 is 0 Å². The molecule has 7 heteroatoms. The number of pyridine rings is 2. The molecular formula is C41H26N4O2Pt. The molecule has 0 unspecified atom stereocenters. The van der Waals surface area contributed by atoms with Crippen molar-refractivity contribution in [3.05, 3.63) is 145 Å². The Balaban J connectivity index is 0.00000314. The Morgan fingerprint density at radius 2 is 1.46 bits per heavy atom. The fourth-order valence-electron chi connectivity index (χ4n) is 7.33. The van der Waals surface area contributed by atoms with Gasteiger partial charge >= 0.3 is 21.1 Å². The first kappa shape index (κ1) is 28.7. The van der Waals surface area contributed by atoms with Gasteiger partial charge in [-0.1, -0.05) is 84.9 Å². The quantitative estimate of drug-likeness (QED) is 0.132. The van der Waals surface area contributed by atoms with Crippen LogP contribution in [0, 0.1) is 12.1 Å². The van der Waals surface area contributed by atoms with Gasteiger partial charge in [0.05, 0.1) is 11.2 Å². The maximum Gasteiger partial charge on any atom is 2.00 e. The fourth-order valence-corrected chi connectivity index (χ4v) is 7.33. The van der Waals surface area contributed by atoms with Crippen molar-refractivity contribution in [3.63, 3.8) is 0 Å². The molecule has 9 aromatic rings. The van der Waals surface area contributed by atoms with Gasteiger partial charge in [-0.25, -0.2) is 4.98 Å². The molecule has 0 bridgehead atoms. The second-order valence-corrected chi connectivity index (χ2v) is 12.5. The number of rotatable bonds is 3. The SMILES string of the molecule is CC1(C)c2ccccc2Oc2c1ccc1c3cccnc3n(-c3[c-]c(Oc4[c-]c5c(cc4)c4ccccc4n4ccnc54)ccc3)c21.[Pt+2]. The van der Waals surface area contributed by atoms with Gasteiger partial charge in [-0.15, -0.1) is 30.3 Å². The average Bonchev–Trinajstić information content (AvgIpc) is 3.73. The van der Waals surface area contributed by atoms with Crippen LogP contribution in [0.15, 0.2) is 122 Å². The van der Waals surface area contributed by atoms with Crippen LogP contribution in [0.5, 0.6) is 23.0 Å². The summed E-state index contributed by atoms with van der Waals surface area (Å²) in [6.45, 7) is 4.51. The number of fused-ring (bicyclic) bond motifs is 12. The molecule has 4 aromatic heterocycles. The van der Waals surface area contributed by atoms with Gasteiger partial charge in [-0.3, -0.25) is 4.98 Å². The summed E-state index contributed by atoms with van der Waals surface area (Å²) in [5, 5.41) is 5.24. The Labute approximate surface area is 290 Å². The first-order valence-corrected chi connectivity index (χ1v) is 15.7. The van der Waals surface area contributed by atoms with E-state index in [0.29, 0.717) is 11.5 Å². The monoisotopic (exact) mass is 801 g/mol. The zero-order chi connectivity index (χ0) is 31.3. The molecule has 0 fully saturated rings. The van der Waals surface area contributed by atoms with Crippen molar-refractivity contribution in [2.75, 3.05) is 0 Å². The number of hydrogen-bond donors (Lipinski definition) is 0. The predicted octanol–water partition coefficient (Wildman–Crippen LogP) is 9.95. The largest absolute Gasteiger partial charge is 2.00 e. The summed E-state index contributed by atoms with van der Waals surface area (Å²) >= 11 is 0. The first-order chi connectivity index (χ1) is 23.1. The van der Waals surface area contributed by atoms with E-state index in [1.807, 2.05) is 67.1 Å². The van der Waals surface area contributed by atoms with Crippen LogP contribution in [0.3, 0.4) is 0 Å². The first-order valence-electron chi connectivity index (χ1n) is 15.7. The summed E-state index contributed by atoms with van der Waals surface area (Å²) in [4.78, 5) is 9.51. The molecule has 6 nitrogen and oxygen atoms in total. The van der Waals surface area contributed by atoms with Gasteiger partial charge in [0.25, 0.3) is 0 Å². The van der Waals surface area contributed by atoms with E-state index in [1.54, 1.807) is 0 Å². The van der Waals surface area contributed by atoms with Crippen molar-refractivity contribution in [1.82, 2.24) is 18.9 Å². The number of imidazole rings is 1. The predicted molar refractivity (Wildman–Crippen MR) is 185 cm³/mol. The second-order valence-electron chi connectivity index (χ2n) is 12.5. The summed E-state index contributed by atoms with van der Waals surface area (Å²) in [5.41, 5.74) is 6.58. The Bertz CT molecular complexity index is 2740. The zero-order valence-electron chi connectivity index (χ0n) is 26.0. The van der Waals surface area contributed by atoms with Crippen molar-refractivity contribution in [2.45, 2.75) is 19.3 Å². The molecule has 0 saturated heterocycles. The molecular weight excluding hydrogens is 776 g/mol. The average molecular weight is 802 g/mol. The summed E-state index contributed by atoms with van der Waals surface area (Å²) in [6.07, 6.45) is 5.63. The molecule has 1 aliphatic heterocycles. The van der Waals surface area contributed by atoms with E-state index in [1.165, 1.54) is 5.56 Å². The molecule has 0 spiro atoms. The summed E-state index contributed by atoms with van der Waals surface area (Å²) < 4.78 is 17.4. The minimum absolute atomic E-state index is 0. The summed E-state index contributed by atoms with van der Waals surface area (Å²) in [7, 11) is 0. The van der Waals surface area contributed by atoms with Gasteiger partial charge in [0.2, 0.25) is 0 Å². The number of aromatic nitrogens is 4. The summed E-state index contributed by atoms with van der Waals surface area (Å²) in [5.74, 6) is 2.86. The zero-order valence-corrected chi connectivity index (χ0v) is 28.2. The van der Waals surface area contributed by atoms with E-state index in [-0.39, 0.29) is 26.5 Å². The van der Waals surface area contributed by atoms with Gasteiger partial charge in [-0.2, -0.15) is 6.07 Å². The molecule has 5 heterocycles. The molecule has 10 rings (SSSR count). The van der Waals surface area contributed by atoms with E-state index < -0.39 is 0 Å². The van der Waals surface area contributed by atoms with Gasteiger partial charge in [0, 0.05) is 62.9 Å². The standard InChI is InChI=1S/C41H26N4O2.Pt/c1-41(2)33-13-4-6-15-36(33)47-38-34(41)19-18-30-31-12-8-20-42-40(31)45(37(30)38)25-9-7-10-26(23-25)46-27-16-17-28-29-11-3-5-14-35(29)44-22-21-43-39(44)32(28)24-27;/h3-22H,1-2H3;/q-2;+2. The van der Waals surface area contributed by atoms with Crippen LogP contribution in [0.4, 0.5) is 0 Å². The van der Waals surface area contributed by atoms with Gasteiger partial charge in [0.15, 0.2) is 5.75 Å². The number of para-hydroxylation sites is 2. The number of hydrogen-bond acceptors (Lipinski definition) is 4. The van der Waals surface area contributed by atoms with Crippen molar-refractivity contribution >= 4 is 49.3 Å². The molecule has 0 radical (unpaired) electrons. The van der Waals surface area contributed by atoms with Crippen LogP contribution in [0.2, 0.25) is 0 Å². The minimum atomic E-state index is -0.251. The van der Waals surface area contributed by atoms with E-state index in [0.717, 1.165) is 72.0 Å². The third-order valence-electron chi connectivity index (χ3n) is 9.54. The Hall–Kier alpha value is -5.45. The number of ether oxygens (including phenoxy) is 2. The Morgan fingerprint density at radius 3 is 2.40 bits per heavy atom. The van der Waals surface area contributed by atoms with Crippen LogP contribution in [-0.2, 0) is 26.5 Å². The normalized spacial score (nSPS) is 13.4. The summed E-state index contributed by atoms with van der Waals surface area (Å²) in [6, 6.07) is 42.1. The molecule has 5 aromatic carbocycles. The van der Waals surface area contributed by atoms with Crippen molar-refractivity contribution in [2.24, 2.45) is 0 Å². The molecule has 0 amide bonds. The van der Waals surface area contributed by atoms with Crippen molar-refractivity contribution in [1.29, 1.82) is 0 Å². The van der Waals surface area contributed by atoms with Crippen LogP contribution in [0.1, 0.15) is 25.0 Å². The van der Waals surface area contributed by atoms with Gasteiger partial charge in [-0.05, 0) is 29.7 Å². The Kier molecular flexibility index (Phi) is 6.31. The van der Waals surface area contributed by atoms with Crippen molar-refractivity contribution < 1.29 is 30.5 Å². The number of nitrogens with zero attached hydrogens (tertiary/aromatic N) is 4. The van der Waals surface area contributed by atoms with Gasteiger partial charge < -0.3 is 18.4 Å². The maximum atomic E-state index is 6.74. The van der Waals surface area contributed by atoms with Gasteiger partial charge in [0.1, 0.15) is 11.4 Å². The van der Waals surface area contributed by atoms with Crippen LogP contribution < -0.4 is 9.47 Å².